The van der Waals surface area contributed by atoms with Crippen molar-refractivity contribution in [1.29, 1.82) is 0 Å². The lowest BCUT2D eigenvalue weighted by molar-refractivity contribution is -0.165. The van der Waals surface area contributed by atoms with Crippen molar-refractivity contribution in [2.45, 2.75) is 18.3 Å². The van der Waals surface area contributed by atoms with Gasteiger partial charge in [0.15, 0.2) is 31.2 Å². The van der Waals surface area contributed by atoms with Gasteiger partial charge in [0.1, 0.15) is 0 Å². The predicted molar refractivity (Wildman–Crippen MR) is 71.9 cm³/mol. The van der Waals surface area contributed by atoms with Crippen LogP contribution in [0.3, 0.4) is 0 Å². The van der Waals surface area contributed by atoms with Gasteiger partial charge in [-0.25, -0.2) is 0 Å². The molecule has 3 aliphatic rings. The molecule has 5 heteroatoms. The van der Waals surface area contributed by atoms with E-state index in [1.165, 1.54) is 0 Å². The maximum Gasteiger partial charge on any atom is 0.264 e. The van der Waals surface area contributed by atoms with Crippen molar-refractivity contribution >= 4 is 5.78 Å². The first-order chi connectivity index (χ1) is 10.3. The molecule has 2 unspecified atom stereocenters. The molecule has 2 aliphatic heterocycles. The van der Waals surface area contributed by atoms with Gasteiger partial charge in [0.25, 0.3) is 5.79 Å². The van der Waals surface area contributed by atoms with E-state index >= 15 is 0 Å². The minimum atomic E-state index is -1.07. The Hall–Kier alpha value is -1.95. The van der Waals surface area contributed by atoms with Crippen LogP contribution in [0.5, 0.6) is 0 Å². The van der Waals surface area contributed by atoms with Gasteiger partial charge in [0.05, 0.1) is 0 Å². The van der Waals surface area contributed by atoms with Crippen LogP contribution in [0.1, 0.15) is 5.56 Å². The molecule has 1 aromatic rings. The van der Waals surface area contributed by atoms with E-state index in [1.807, 2.05) is 30.3 Å². The Kier molecular flexibility index (Phi) is 2.92. The van der Waals surface area contributed by atoms with Crippen molar-refractivity contribution in [3.8, 4) is 0 Å². The van der Waals surface area contributed by atoms with Crippen LogP contribution in [0.4, 0.5) is 0 Å². The molecule has 1 spiro atoms. The van der Waals surface area contributed by atoms with Crippen molar-refractivity contribution in [2.75, 3.05) is 13.6 Å². The Bertz CT molecular complexity index is 629. The number of hydrogen-bond acceptors (Lipinski definition) is 5. The van der Waals surface area contributed by atoms with Crippen molar-refractivity contribution in [3.63, 3.8) is 0 Å². The first kappa shape index (κ1) is 12.8. The SMILES string of the molecule is O=C(Cc1ccccc1)C1=CC=C2OCOC23OCOC13. The summed E-state index contributed by atoms with van der Waals surface area (Å²) < 4.78 is 22.1. The highest BCUT2D eigenvalue weighted by Gasteiger charge is 2.58. The van der Waals surface area contributed by atoms with Crippen LogP contribution in [0, 0.1) is 0 Å². The average Bonchev–Trinajstić information content (AvgIpc) is 3.11. The molecule has 1 aliphatic carbocycles. The highest BCUT2D eigenvalue weighted by atomic mass is 16.9. The smallest absolute Gasteiger partial charge is 0.264 e. The molecular weight excluding hydrogens is 272 g/mol. The third-order valence-corrected chi connectivity index (χ3v) is 3.91. The van der Waals surface area contributed by atoms with Gasteiger partial charge in [0.2, 0.25) is 0 Å². The number of rotatable bonds is 3. The molecule has 2 heterocycles. The zero-order valence-electron chi connectivity index (χ0n) is 11.3. The highest BCUT2D eigenvalue weighted by Crippen LogP contribution is 2.44. The van der Waals surface area contributed by atoms with Gasteiger partial charge in [-0.15, -0.1) is 0 Å². The van der Waals surface area contributed by atoms with Crippen molar-refractivity contribution in [2.24, 2.45) is 0 Å². The van der Waals surface area contributed by atoms with Gasteiger partial charge < -0.3 is 18.9 Å². The number of benzene rings is 1. The molecule has 0 saturated carbocycles. The summed E-state index contributed by atoms with van der Waals surface area (Å²) >= 11 is 0. The minimum absolute atomic E-state index is 0.00174. The molecule has 108 valence electrons. The number of allylic oxidation sites excluding steroid dienone is 2. The summed E-state index contributed by atoms with van der Waals surface area (Å²) in [7, 11) is 0. The summed E-state index contributed by atoms with van der Waals surface area (Å²) in [4.78, 5) is 12.6. The molecule has 0 bridgehead atoms. The zero-order valence-corrected chi connectivity index (χ0v) is 11.3. The molecule has 0 radical (unpaired) electrons. The van der Waals surface area contributed by atoms with Crippen LogP contribution in [0.25, 0.3) is 0 Å². The van der Waals surface area contributed by atoms with E-state index in [0.717, 1.165) is 5.56 Å². The predicted octanol–water partition coefficient (Wildman–Crippen LogP) is 1.70. The van der Waals surface area contributed by atoms with Crippen molar-refractivity contribution in [3.05, 3.63) is 59.4 Å². The lowest BCUT2D eigenvalue weighted by atomic mass is 9.89. The quantitative estimate of drug-likeness (QED) is 0.846. The summed E-state index contributed by atoms with van der Waals surface area (Å²) in [6, 6.07) is 9.62. The topological polar surface area (TPSA) is 54.0 Å². The van der Waals surface area contributed by atoms with Gasteiger partial charge in [-0.2, -0.15) is 0 Å². The maximum atomic E-state index is 12.6. The van der Waals surface area contributed by atoms with E-state index < -0.39 is 11.9 Å². The Morgan fingerprint density at radius 1 is 1.14 bits per heavy atom. The number of ketones is 1. The fraction of sp³-hybridized carbons (Fsp3) is 0.312. The van der Waals surface area contributed by atoms with Crippen molar-refractivity contribution in [1.82, 2.24) is 0 Å². The van der Waals surface area contributed by atoms with Crippen LogP contribution in [-0.4, -0.2) is 31.3 Å². The molecule has 0 aromatic heterocycles. The summed E-state index contributed by atoms with van der Waals surface area (Å²) in [6.45, 7) is 0.195. The van der Waals surface area contributed by atoms with E-state index in [-0.39, 0.29) is 19.4 Å². The number of carbonyl (C=O) groups is 1. The molecular formula is C16H14O5. The minimum Gasteiger partial charge on any atom is -0.466 e. The molecule has 0 N–H and O–H groups in total. The van der Waals surface area contributed by atoms with Crippen LogP contribution in [0.15, 0.2) is 53.8 Å². The maximum absolute atomic E-state index is 12.6. The second-order valence-corrected chi connectivity index (χ2v) is 5.12. The van der Waals surface area contributed by atoms with Gasteiger partial charge in [-0.1, -0.05) is 30.3 Å². The lowest BCUT2D eigenvalue weighted by Gasteiger charge is -2.29. The molecule has 2 atom stereocenters. The monoisotopic (exact) mass is 286 g/mol. The Morgan fingerprint density at radius 2 is 1.95 bits per heavy atom. The fourth-order valence-corrected chi connectivity index (χ4v) is 2.88. The van der Waals surface area contributed by atoms with Crippen molar-refractivity contribution < 1.29 is 23.7 Å². The van der Waals surface area contributed by atoms with E-state index in [0.29, 0.717) is 17.8 Å². The fourth-order valence-electron chi connectivity index (χ4n) is 2.88. The first-order valence-electron chi connectivity index (χ1n) is 6.81. The number of hydrogen-bond donors (Lipinski definition) is 0. The normalized spacial score (nSPS) is 30.0. The van der Waals surface area contributed by atoms with Gasteiger partial charge in [-0.05, 0) is 17.7 Å². The number of carbonyl (C=O) groups excluding carboxylic acids is 1. The first-order valence-corrected chi connectivity index (χ1v) is 6.81. The van der Waals surface area contributed by atoms with E-state index in [1.54, 1.807) is 12.2 Å². The van der Waals surface area contributed by atoms with Gasteiger partial charge in [-0.3, -0.25) is 4.79 Å². The van der Waals surface area contributed by atoms with Crippen LogP contribution < -0.4 is 0 Å². The molecule has 21 heavy (non-hydrogen) atoms. The van der Waals surface area contributed by atoms with E-state index in [9.17, 15) is 4.79 Å². The molecule has 1 aromatic carbocycles. The number of Topliss-reactive ketones (excluding diaryl/α,β-unsaturated/α-hetero) is 1. The molecule has 0 amide bonds. The van der Waals surface area contributed by atoms with Gasteiger partial charge >= 0.3 is 0 Å². The molecule has 2 fully saturated rings. The van der Waals surface area contributed by atoms with Crippen LogP contribution in [0.2, 0.25) is 0 Å². The zero-order chi connectivity index (χ0) is 14.3. The lowest BCUT2D eigenvalue weighted by Crippen LogP contribution is -2.45. The Balaban J connectivity index is 1.62. The van der Waals surface area contributed by atoms with E-state index in [2.05, 4.69) is 0 Å². The summed E-state index contributed by atoms with van der Waals surface area (Å²) in [5.41, 5.74) is 1.53. The van der Waals surface area contributed by atoms with Crippen LogP contribution in [-0.2, 0) is 30.2 Å². The summed E-state index contributed by atoms with van der Waals surface area (Å²) in [5, 5.41) is 0. The third-order valence-electron chi connectivity index (χ3n) is 3.91. The third kappa shape index (κ3) is 1.93. The average molecular weight is 286 g/mol. The Labute approximate surface area is 121 Å². The van der Waals surface area contributed by atoms with Crippen LogP contribution >= 0.6 is 0 Å². The van der Waals surface area contributed by atoms with Gasteiger partial charge in [0, 0.05) is 12.0 Å². The highest BCUT2D eigenvalue weighted by molar-refractivity contribution is 5.98. The molecule has 4 rings (SSSR count). The largest absolute Gasteiger partial charge is 0.466 e. The standard InChI is InChI=1S/C16H14O5/c17-13(8-11-4-2-1-3-5-11)12-6-7-14-16(20-9-18-14)15(12)19-10-21-16/h1-7,15H,8-10H2. The molecule has 2 saturated heterocycles. The summed E-state index contributed by atoms with van der Waals surface area (Å²) in [6.07, 6.45) is 3.24. The van der Waals surface area contributed by atoms with E-state index in [4.69, 9.17) is 18.9 Å². The second-order valence-electron chi connectivity index (χ2n) is 5.12. The summed E-state index contributed by atoms with van der Waals surface area (Å²) in [5.74, 6) is -0.501. The molecule has 5 nitrogen and oxygen atoms in total. The second kappa shape index (κ2) is 4.80. The number of ether oxygens (including phenoxy) is 4. The Morgan fingerprint density at radius 3 is 2.81 bits per heavy atom.